The number of amides is 1. The van der Waals surface area contributed by atoms with Crippen LogP contribution in [0.25, 0.3) is 21.9 Å². The number of hydrogen-bond acceptors (Lipinski definition) is 2. The largest absolute Gasteiger partial charge is 0.347 e. The first-order valence-electron chi connectivity index (χ1n) is 9.67. The standard InChI is InChI=1S/C22H21FN4O/c23-16-8-7-15-9-12-26(20(15)14-16)13-10-21(28)27-11-3-6-19(27)22-24-17-4-1-2-5-18(17)25-22/h1-2,4-5,7-9,12,14,19H,3,6,10-11,13H2,(H,24,25)/t19-/m0/s1. The molecule has 0 aliphatic carbocycles. The molecule has 1 N–H and O–H groups in total. The number of aromatic amines is 1. The topological polar surface area (TPSA) is 53.9 Å². The van der Waals surface area contributed by atoms with E-state index < -0.39 is 0 Å². The molecule has 1 saturated heterocycles. The van der Waals surface area contributed by atoms with E-state index in [-0.39, 0.29) is 17.8 Å². The summed E-state index contributed by atoms with van der Waals surface area (Å²) in [6.07, 6.45) is 4.20. The Morgan fingerprint density at radius 2 is 2.11 bits per heavy atom. The quantitative estimate of drug-likeness (QED) is 0.574. The smallest absolute Gasteiger partial charge is 0.224 e. The van der Waals surface area contributed by atoms with Crippen LogP contribution in [0.2, 0.25) is 0 Å². The molecule has 0 radical (unpaired) electrons. The van der Waals surface area contributed by atoms with E-state index in [0.29, 0.717) is 13.0 Å². The number of benzene rings is 2. The number of aryl methyl sites for hydroxylation is 1. The maximum atomic E-state index is 13.6. The number of hydrogen-bond donors (Lipinski definition) is 1. The molecule has 4 aromatic rings. The minimum atomic E-state index is -0.261. The highest BCUT2D eigenvalue weighted by Gasteiger charge is 2.31. The molecule has 1 fully saturated rings. The normalized spacial score (nSPS) is 17.0. The second kappa shape index (κ2) is 6.78. The van der Waals surface area contributed by atoms with Crippen LogP contribution >= 0.6 is 0 Å². The Balaban J connectivity index is 1.33. The second-order valence-electron chi connectivity index (χ2n) is 7.35. The van der Waals surface area contributed by atoms with Gasteiger partial charge in [-0.15, -0.1) is 0 Å². The average molecular weight is 376 g/mol. The van der Waals surface area contributed by atoms with Crippen molar-refractivity contribution in [2.24, 2.45) is 0 Å². The van der Waals surface area contributed by atoms with Crippen molar-refractivity contribution in [3.05, 3.63) is 66.4 Å². The maximum Gasteiger partial charge on any atom is 0.224 e. The lowest BCUT2D eigenvalue weighted by molar-refractivity contribution is -0.132. The van der Waals surface area contributed by atoms with Crippen molar-refractivity contribution in [2.75, 3.05) is 6.54 Å². The number of H-pyrrole nitrogens is 1. The molecular weight excluding hydrogens is 355 g/mol. The molecule has 5 nitrogen and oxygen atoms in total. The summed E-state index contributed by atoms with van der Waals surface area (Å²) in [6, 6.07) is 14.6. The predicted molar refractivity (Wildman–Crippen MR) is 106 cm³/mol. The van der Waals surface area contributed by atoms with Crippen molar-refractivity contribution in [1.29, 1.82) is 0 Å². The number of carbonyl (C=O) groups is 1. The van der Waals surface area contributed by atoms with Gasteiger partial charge >= 0.3 is 0 Å². The van der Waals surface area contributed by atoms with E-state index in [1.807, 2.05) is 46.0 Å². The van der Waals surface area contributed by atoms with Gasteiger partial charge in [-0.25, -0.2) is 9.37 Å². The fraction of sp³-hybridized carbons (Fsp3) is 0.273. The molecule has 1 atom stereocenters. The molecule has 1 aliphatic heterocycles. The van der Waals surface area contributed by atoms with E-state index in [4.69, 9.17) is 4.98 Å². The van der Waals surface area contributed by atoms with Gasteiger partial charge in [-0.05, 0) is 54.6 Å². The molecule has 1 aliphatic rings. The van der Waals surface area contributed by atoms with Gasteiger partial charge in [0.15, 0.2) is 0 Å². The molecule has 142 valence electrons. The Labute approximate surface area is 161 Å². The van der Waals surface area contributed by atoms with E-state index in [0.717, 1.165) is 47.1 Å². The summed E-state index contributed by atoms with van der Waals surface area (Å²) in [5, 5.41) is 0.982. The number of fused-ring (bicyclic) bond motifs is 2. The molecule has 2 aromatic heterocycles. The maximum absolute atomic E-state index is 13.6. The summed E-state index contributed by atoms with van der Waals surface area (Å²) < 4.78 is 15.5. The van der Waals surface area contributed by atoms with Gasteiger partial charge < -0.3 is 14.5 Å². The molecule has 1 amide bonds. The van der Waals surface area contributed by atoms with Crippen molar-refractivity contribution in [1.82, 2.24) is 19.4 Å². The van der Waals surface area contributed by atoms with Crippen molar-refractivity contribution in [3.8, 4) is 0 Å². The highest BCUT2D eigenvalue weighted by Crippen LogP contribution is 2.32. The number of likely N-dealkylation sites (tertiary alicyclic amines) is 1. The van der Waals surface area contributed by atoms with Gasteiger partial charge in [0.2, 0.25) is 5.91 Å². The fourth-order valence-corrected chi connectivity index (χ4v) is 4.19. The zero-order valence-electron chi connectivity index (χ0n) is 15.4. The first kappa shape index (κ1) is 17.0. The average Bonchev–Trinajstić information content (AvgIpc) is 3.43. The van der Waals surface area contributed by atoms with Crippen molar-refractivity contribution < 1.29 is 9.18 Å². The van der Waals surface area contributed by atoms with Crippen LogP contribution in [-0.4, -0.2) is 31.9 Å². The molecule has 5 rings (SSSR count). The number of carbonyl (C=O) groups excluding carboxylic acids is 1. The van der Waals surface area contributed by atoms with E-state index in [9.17, 15) is 9.18 Å². The molecule has 0 bridgehead atoms. The Hall–Kier alpha value is -3.15. The highest BCUT2D eigenvalue weighted by molar-refractivity contribution is 5.81. The van der Waals surface area contributed by atoms with E-state index in [2.05, 4.69) is 4.98 Å². The summed E-state index contributed by atoms with van der Waals surface area (Å²) >= 11 is 0. The number of rotatable bonds is 4. The third-order valence-corrected chi connectivity index (χ3v) is 5.60. The molecule has 0 saturated carbocycles. The minimum absolute atomic E-state index is 0.00116. The van der Waals surface area contributed by atoms with Crippen LogP contribution in [0.3, 0.4) is 0 Å². The van der Waals surface area contributed by atoms with Crippen molar-refractivity contribution in [3.63, 3.8) is 0 Å². The first-order valence-corrected chi connectivity index (χ1v) is 9.67. The number of imidazole rings is 1. The lowest BCUT2D eigenvalue weighted by atomic mass is 10.2. The Bertz CT molecular complexity index is 1130. The lowest BCUT2D eigenvalue weighted by Gasteiger charge is -2.23. The first-order chi connectivity index (χ1) is 13.7. The molecule has 0 spiro atoms. The van der Waals surface area contributed by atoms with Crippen LogP contribution in [0, 0.1) is 5.82 Å². The molecule has 2 aromatic carbocycles. The van der Waals surface area contributed by atoms with Crippen LogP contribution < -0.4 is 0 Å². The molecule has 0 unspecified atom stereocenters. The SMILES string of the molecule is O=C(CCn1ccc2ccc(F)cc21)N1CCC[C@H]1c1nc2ccccc2[nH]1. The zero-order valence-corrected chi connectivity index (χ0v) is 15.4. The Morgan fingerprint density at radius 3 is 3.00 bits per heavy atom. The predicted octanol–water partition coefficient (Wildman–Crippen LogP) is 4.41. The molecule has 28 heavy (non-hydrogen) atoms. The van der Waals surface area contributed by atoms with Gasteiger partial charge in [-0.3, -0.25) is 4.79 Å². The molecular formula is C22H21FN4O. The minimum Gasteiger partial charge on any atom is -0.347 e. The number of nitrogens with one attached hydrogen (secondary N) is 1. The van der Waals surface area contributed by atoms with Crippen LogP contribution in [0.4, 0.5) is 4.39 Å². The third-order valence-electron chi connectivity index (χ3n) is 5.60. The molecule has 3 heterocycles. The van der Waals surface area contributed by atoms with Crippen LogP contribution in [0.1, 0.15) is 31.1 Å². The number of halogens is 1. The van der Waals surface area contributed by atoms with E-state index in [1.165, 1.54) is 12.1 Å². The van der Waals surface area contributed by atoms with Gasteiger partial charge in [0.1, 0.15) is 11.6 Å². The summed E-state index contributed by atoms with van der Waals surface area (Å²) in [7, 11) is 0. The van der Waals surface area contributed by atoms with Gasteiger partial charge in [-0.1, -0.05) is 12.1 Å². The Kier molecular flexibility index (Phi) is 4.11. The lowest BCUT2D eigenvalue weighted by Crippen LogP contribution is -2.31. The van der Waals surface area contributed by atoms with E-state index >= 15 is 0 Å². The number of aromatic nitrogens is 3. The van der Waals surface area contributed by atoms with Crippen LogP contribution in [0.5, 0.6) is 0 Å². The van der Waals surface area contributed by atoms with E-state index in [1.54, 1.807) is 6.07 Å². The van der Waals surface area contributed by atoms with Crippen LogP contribution in [0.15, 0.2) is 54.7 Å². The molecule has 6 heteroatoms. The Morgan fingerprint density at radius 1 is 1.21 bits per heavy atom. The van der Waals surface area contributed by atoms with Gasteiger partial charge in [-0.2, -0.15) is 0 Å². The zero-order chi connectivity index (χ0) is 19.1. The summed E-state index contributed by atoms with van der Waals surface area (Å²) in [5.74, 6) is 0.713. The van der Waals surface area contributed by atoms with Gasteiger partial charge in [0, 0.05) is 25.7 Å². The summed E-state index contributed by atoms with van der Waals surface area (Å²) in [4.78, 5) is 22.9. The van der Waals surface area contributed by atoms with Gasteiger partial charge in [0.25, 0.3) is 0 Å². The summed E-state index contributed by atoms with van der Waals surface area (Å²) in [5.41, 5.74) is 2.75. The van der Waals surface area contributed by atoms with Crippen molar-refractivity contribution >= 4 is 27.8 Å². The van der Waals surface area contributed by atoms with Gasteiger partial charge in [0.05, 0.1) is 22.6 Å². The monoisotopic (exact) mass is 376 g/mol. The third kappa shape index (κ3) is 2.95. The van der Waals surface area contributed by atoms with Crippen LogP contribution in [-0.2, 0) is 11.3 Å². The van der Waals surface area contributed by atoms with Crippen molar-refractivity contribution in [2.45, 2.75) is 31.8 Å². The number of para-hydroxylation sites is 2. The summed E-state index contributed by atoms with van der Waals surface area (Å²) in [6.45, 7) is 1.29. The second-order valence-corrected chi connectivity index (χ2v) is 7.35. The number of nitrogens with zero attached hydrogens (tertiary/aromatic N) is 3. The highest BCUT2D eigenvalue weighted by atomic mass is 19.1. The fourth-order valence-electron chi connectivity index (χ4n) is 4.19.